The van der Waals surface area contributed by atoms with Gasteiger partial charge in [-0.25, -0.2) is 0 Å². The van der Waals surface area contributed by atoms with Gasteiger partial charge in [0.2, 0.25) is 17.3 Å². The van der Waals surface area contributed by atoms with Crippen LogP contribution in [0.3, 0.4) is 0 Å². The fourth-order valence-corrected chi connectivity index (χ4v) is 2.63. The summed E-state index contributed by atoms with van der Waals surface area (Å²) in [5.74, 6) is -49.2. The second-order valence-corrected chi connectivity index (χ2v) is 14.8. The Bertz CT molecular complexity index is 1310. The Kier molecular flexibility index (Phi) is 20.0. The van der Waals surface area contributed by atoms with Crippen LogP contribution in [0.4, 0.5) is 92.2 Å². The van der Waals surface area contributed by atoms with Crippen molar-refractivity contribution >= 4 is 34.7 Å². The van der Waals surface area contributed by atoms with Gasteiger partial charge < -0.3 is 0 Å². The standard InChI is InChI=1S/3C10H11F7O2.V/c3*1-7(2,3)5(18)4-6(19)8(11,12)9(13,14)10(15,16)17;/h3*4H2,1-3H3;. The maximum atomic E-state index is 12.9. The van der Waals surface area contributed by atoms with Crippen LogP contribution in [-0.2, 0) is 47.3 Å². The van der Waals surface area contributed by atoms with Crippen molar-refractivity contribution in [2.45, 2.75) is 136 Å². The summed E-state index contributed by atoms with van der Waals surface area (Å²) in [5.41, 5.74) is -3.92. The van der Waals surface area contributed by atoms with E-state index in [4.69, 9.17) is 0 Å². The Labute approximate surface area is 326 Å². The van der Waals surface area contributed by atoms with Crippen molar-refractivity contribution in [1.82, 2.24) is 0 Å². The molecular weight excluding hydrogens is 906 g/mol. The first-order valence-corrected chi connectivity index (χ1v) is 14.8. The molecule has 6 nitrogen and oxygen atoms in total. The SMILES string of the molecule is CC(C)(C)C(=O)CC(=O)C(F)(F)C(F)(F)C(F)(F)F.CC(C)(C)C(=O)CC(=O)C(F)(F)C(F)(F)C(F)(F)F.CC(C)(C)C(=O)CC(=O)C(F)(F)C(F)(F)C(F)(F)F.[V]. The molecule has 0 bridgehead atoms. The van der Waals surface area contributed by atoms with Gasteiger partial charge in [0.05, 0.1) is 19.3 Å². The van der Waals surface area contributed by atoms with E-state index in [-0.39, 0.29) is 18.6 Å². The minimum Gasteiger partial charge on any atom is -0.299 e. The van der Waals surface area contributed by atoms with Gasteiger partial charge in [-0.05, 0) is 0 Å². The van der Waals surface area contributed by atoms with E-state index in [1.54, 1.807) is 0 Å². The van der Waals surface area contributed by atoms with E-state index in [1.807, 2.05) is 0 Å². The van der Waals surface area contributed by atoms with Crippen molar-refractivity contribution in [3.05, 3.63) is 0 Å². The molecule has 0 spiro atoms. The summed E-state index contributed by atoms with van der Waals surface area (Å²) in [6.45, 7) is 10.9. The van der Waals surface area contributed by atoms with Crippen LogP contribution in [0.5, 0.6) is 0 Å². The Balaban J connectivity index is -0.000000374. The fraction of sp³-hybridized carbons (Fsp3) is 0.800. The van der Waals surface area contributed by atoms with Crippen LogP contribution in [-0.4, -0.2) is 88.8 Å². The predicted molar refractivity (Wildman–Crippen MR) is 150 cm³/mol. The summed E-state index contributed by atoms with van der Waals surface area (Å²) < 4.78 is 258. The molecule has 0 fully saturated rings. The summed E-state index contributed by atoms with van der Waals surface area (Å²) >= 11 is 0. The average molecular weight is 939 g/mol. The number of ketones is 6. The van der Waals surface area contributed by atoms with E-state index in [2.05, 4.69) is 0 Å². The number of alkyl halides is 21. The van der Waals surface area contributed by atoms with Gasteiger partial charge in [-0.15, -0.1) is 0 Å². The van der Waals surface area contributed by atoms with Gasteiger partial charge in [-0.3, -0.25) is 28.8 Å². The number of hydrogen-bond donors (Lipinski definition) is 0. The van der Waals surface area contributed by atoms with E-state index in [0.29, 0.717) is 0 Å². The molecule has 0 aliphatic heterocycles. The summed E-state index contributed by atoms with van der Waals surface area (Å²) in [4.78, 5) is 66.2. The molecule has 58 heavy (non-hydrogen) atoms. The Hall–Kier alpha value is -2.87. The predicted octanol–water partition coefficient (Wildman–Crippen LogP) is 10.2. The van der Waals surface area contributed by atoms with Crippen LogP contribution < -0.4 is 0 Å². The van der Waals surface area contributed by atoms with Gasteiger partial charge in [-0.2, -0.15) is 92.2 Å². The van der Waals surface area contributed by atoms with Crippen molar-refractivity contribution < 1.29 is 140 Å². The smallest absolute Gasteiger partial charge is 0.299 e. The number of carbonyl (C=O) groups is 6. The molecule has 0 aromatic rings. The molecule has 0 amide bonds. The first-order chi connectivity index (χ1) is 24.1. The monoisotopic (exact) mass is 939 g/mol. The number of halogens is 21. The zero-order valence-corrected chi connectivity index (χ0v) is 32.4. The molecule has 0 saturated carbocycles. The second kappa shape index (κ2) is 18.8. The van der Waals surface area contributed by atoms with Gasteiger partial charge in [0.25, 0.3) is 0 Å². The first kappa shape index (κ1) is 61.8. The molecule has 0 saturated heterocycles. The van der Waals surface area contributed by atoms with Crippen LogP contribution in [0, 0.1) is 16.2 Å². The van der Waals surface area contributed by atoms with Crippen LogP contribution in [0.1, 0.15) is 81.6 Å². The van der Waals surface area contributed by atoms with Crippen molar-refractivity contribution in [2.24, 2.45) is 16.2 Å². The van der Waals surface area contributed by atoms with Crippen molar-refractivity contribution in [3.8, 4) is 0 Å². The van der Waals surface area contributed by atoms with Crippen LogP contribution in [0.25, 0.3) is 0 Å². The molecule has 0 heterocycles. The van der Waals surface area contributed by atoms with Gasteiger partial charge in [0.1, 0.15) is 17.3 Å². The van der Waals surface area contributed by atoms with E-state index < -0.39 is 124 Å². The van der Waals surface area contributed by atoms with Crippen molar-refractivity contribution in [2.75, 3.05) is 0 Å². The van der Waals surface area contributed by atoms with Crippen LogP contribution in [0.15, 0.2) is 0 Å². The number of hydrogen-bond acceptors (Lipinski definition) is 6. The molecule has 0 aliphatic carbocycles. The Morgan fingerprint density at radius 2 is 0.397 bits per heavy atom. The maximum absolute atomic E-state index is 12.9. The van der Waals surface area contributed by atoms with E-state index in [0.717, 1.165) is 0 Å². The topological polar surface area (TPSA) is 102 Å². The normalized spacial score (nSPS) is 14.2. The quantitative estimate of drug-likeness (QED) is 0.143. The largest absolute Gasteiger partial charge is 0.460 e. The Morgan fingerprint density at radius 3 is 0.483 bits per heavy atom. The van der Waals surface area contributed by atoms with E-state index in [9.17, 15) is 121 Å². The Morgan fingerprint density at radius 1 is 0.276 bits per heavy atom. The molecular formula is C30H33F21O6V. The first-order valence-electron chi connectivity index (χ1n) is 14.8. The minimum atomic E-state index is -6.59. The third-order valence-electron chi connectivity index (χ3n) is 6.77. The maximum Gasteiger partial charge on any atom is 0.460 e. The second-order valence-electron chi connectivity index (χ2n) is 14.8. The summed E-state index contributed by atoms with van der Waals surface area (Å²) in [6, 6.07) is 0. The van der Waals surface area contributed by atoms with Crippen molar-refractivity contribution in [3.63, 3.8) is 0 Å². The molecule has 0 N–H and O–H groups in total. The minimum absolute atomic E-state index is 0. The molecule has 341 valence electrons. The number of carbonyl (C=O) groups excluding carboxylic acids is 6. The van der Waals surface area contributed by atoms with Crippen LogP contribution in [0.2, 0.25) is 0 Å². The molecule has 1 radical (unpaired) electrons. The zero-order chi connectivity index (χ0) is 47.6. The third kappa shape index (κ3) is 14.7. The molecule has 0 unspecified atom stereocenters. The molecule has 0 aliphatic rings. The van der Waals surface area contributed by atoms with Gasteiger partial charge in [0.15, 0.2) is 0 Å². The molecule has 0 aromatic heterocycles. The van der Waals surface area contributed by atoms with Gasteiger partial charge in [-0.1, -0.05) is 62.3 Å². The fourth-order valence-electron chi connectivity index (χ4n) is 2.63. The third-order valence-corrected chi connectivity index (χ3v) is 6.77. The summed E-state index contributed by atoms with van der Waals surface area (Å²) in [6.07, 6.45) is -24.8. The van der Waals surface area contributed by atoms with Crippen LogP contribution >= 0.6 is 0 Å². The summed E-state index contributed by atoms with van der Waals surface area (Å²) in [7, 11) is 0. The molecule has 0 aromatic carbocycles. The van der Waals surface area contributed by atoms with Gasteiger partial charge in [0, 0.05) is 34.8 Å². The zero-order valence-electron chi connectivity index (χ0n) is 31.0. The average Bonchev–Trinajstić information content (AvgIpc) is 2.93. The summed E-state index contributed by atoms with van der Waals surface area (Å²) in [5, 5.41) is 0. The number of Topliss-reactive ketones (excluding diaryl/α,β-unsaturated/α-hetero) is 6. The van der Waals surface area contributed by atoms with E-state index in [1.165, 1.54) is 62.3 Å². The molecule has 0 atom stereocenters. The molecule has 0 rings (SSSR count). The molecule has 28 heteroatoms. The van der Waals surface area contributed by atoms with Crippen molar-refractivity contribution in [1.29, 1.82) is 0 Å². The number of rotatable bonds is 12. The van der Waals surface area contributed by atoms with E-state index >= 15 is 0 Å². The van der Waals surface area contributed by atoms with Gasteiger partial charge >= 0.3 is 54.1 Å².